The highest BCUT2D eigenvalue weighted by Gasteiger charge is 2.42. The van der Waals surface area contributed by atoms with Crippen LogP contribution in [0, 0.1) is 40.8 Å². The van der Waals surface area contributed by atoms with Crippen molar-refractivity contribution < 1.29 is 49.3 Å². The van der Waals surface area contributed by atoms with E-state index in [4.69, 9.17) is 9.47 Å². The smallest absolute Gasteiger partial charge is 0.429 e. The molecule has 0 aliphatic carbocycles. The van der Waals surface area contributed by atoms with Gasteiger partial charge in [0.2, 0.25) is 0 Å². The molecule has 0 aromatic heterocycles. The van der Waals surface area contributed by atoms with Gasteiger partial charge in [0.1, 0.15) is 34.6 Å². The van der Waals surface area contributed by atoms with E-state index in [9.17, 15) is 35.1 Å². The molecule has 0 unspecified atom stereocenters. The Morgan fingerprint density at radius 3 is 1.92 bits per heavy atom. The molecule has 3 aromatic carbocycles. The lowest BCUT2D eigenvalue weighted by molar-refractivity contribution is -0.206. The van der Waals surface area contributed by atoms with Gasteiger partial charge in [0.25, 0.3) is 0 Å². The topological polar surface area (TPSA) is 27.7 Å². The second kappa shape index (κ2) is 10.7. The maximum Gasteiger partial charge on any atom is 0.432 e. The SMILES string of the molecule is CCCC1COC(c2cc(F)c(C(F)(F)Oc3cc(F)c(-c4ccc(F)c(F)c4)c(F)c3)c(F)c2)OC1. The van der Waals surface area contributed by atoms with Crippen LogP contribution in [0.1, 0.15) is 37.2 Å². The minimum Gasteiger partial charge on any atom is -0.429 e. The third-order valence-corrected chi connectivity index (χ3v) is 5.76. The normalized spacial score (nSPS) is 18.2. The molecule has 0 amide bonds. The first-order valence-corrected chi connectivity index (χ1v) is 11.2. The molecule has 1 heterocycles. The maximum absolute atomic E-state index is 14.8. The van der Waals surface area contributed by atoms with E-state index in [-0.39, 0.29) is 24.7 Å². The van der Waals surface area contributed by atoms with Crippen molar-refractivity contribution in [2.45, 2.75) is 32.2 Å². The van der Waals surface area contributed by atoms with Gasteiger partial charge in [-0.1, -0.05) is 19.4 Å². The van der Waals surface area contributed by atoms with Crippen molar-refractivity contribution in [1.82, 2.24) is 0 Å². The van der Waals surface area contributed by atoms with Crippen LogP contribution in [0.25, 0.3) is 11.1 Å². The molecule has 11 heteroatoms. The van der Waals surface area contributed by atoms with E-state index in [1.807, 2.05) is 6.92 Å². The molecule has 0 N–H and O–H groups in total. The van der Waals surface area contributed by atoms with Crippen molar-refractivity contribution in [2.75, 3.05) is 13.2 Å². The summed E-state index contributed by atoms with van der Waals surface area (Å²) < 4.78 is 130. The molecule has 3 nitrogen and oxygen atoms in total. The molecular weight excluding hydrogens is 512 g/mol. The standard InChI is InChI=1S/C26H20F8O3/c1-2-3-13-11-35-25(36-12-13)15-7-21(31)24(22(32)8-15)26(33,34)37-16-9-19(29)23(20(30)10-16)14-4-5-17(27)18(28)6-14/h4-10,13,25H,2-3,11-12H2,1H3. The van der Waals surface area contributed by atoms with Gasteiger partial charge in [-0.2, -0.15) is 8.78 Å². The van der Waals surface area contributed by atoms with Crippen LogP contribution in [0.5, 0.6) is 5.75 Å². The summed E-state index contributed by atoms with van der Waals surface area (Å²) in [6, 6.07) is 3.89. The number of ether oxygens (including phenoxy) is 3. The summed E-state index contributed by atoms with van der Waals surface area (Å²) in [5, 5.41) is 0. The molecule has 37 heavy (non-hydrogen) atoms. The molecular formula is C26H20F8O3. The molecule has 198 valence electrons. The number of rotatable bonds is 7. The Kier molecular flexibility index (Phi) is 7.75. The average molecular weight is 532 g/mol. The van der Waals surface area contributed by atoms with Crippen LogP contribution in [-0.2, 0) is 15.6 Å². The number of benzene rings is 3. The Morgan fingerprint density at radius 2 is 1.38 bits per heavy atom. The van der Waals surface area contributed by atoms with E-state index in [1.54, 1.807) is 0 Å². The van der Waals surface area contributed by atoms with Crippen LogP contribution >= 0.6 is 0 Å². The molecule has 1 fully saturated rings. The summed E-state index contributed by atoms with van der Waals surface area (Å²) in [4.78, 5) is 0. The van der Waals surface area contributed by atoms with Gasteiger partial charge in [-0.3, -0.25) is 0 Å². The summed E-state index contributed by atoms with van der Waals surface area (Å²) in [6.45, 7) is 2.50. The number of alkyl halides is 2. The van der Waals surface area contributed by atoms with Crippen molar-refractivity contribution >= 4 is 0 Å². The molecule has 0 atom stereocenters. The van der Waals surface area contributed by atoms with Crippen LogP contribution in [0.15, 0.2) is 42.5 Å². The summed E-state index contributed by atoms with van der Waals surface area (Å²) in [5.41, 5.74) is -3.21. The number of hydrogen-bond acceptors (Lipinski definition) is 3. The predicted octanol–water partition coefficient (Wildman–Crippen LogP) is 7.78. The molecule has 3 aromatic rings. The third-order valence-electron chi connectivity index (χ3n) is 5.76. The maximum atomic E-state index is 14.8. The molecule has 1 aliphatic rings. The summed E-state index contributed by atoms with van der Waals surface area (Å²) in [5.74, 6) is -9.95. The van der Waals surface area contributed by atoms with Crippen LogP contribution in [0.4, 0.5) is 35.1 Å². The zero-order valence-corrected chi connectivity index (χ0v) is 19.3. The molecule has 1 aliphatic heterocycles. The van der Waals surface area contributed by atoms with Gasteiger partial charge in [-0.25, -0.2) is 26.3 Å². The van der Waals surface area contributed by atoms with Gasteiger partial charge in [0.05, 0.1) is 18.8 Å². The highest BCUT2D eigenvalue weighted by Crippen LogP contribution is 2.39. The number of hydrogen-bond donors (Lipinski definition) is 0. The molecule has 0 saturated carbocycles. The second-order valence-electron chi connectivity index (χ2n) is 8.52. The van der Waals surface area contributed by atoms with Crippen molar-refractivity contribution in [2.24, 2.45) is 5.92 Å². The van der Waals surface area contributed by atoms with Gasteiger partial charge in [-0.05, 0) is 36.2 Å². The van der Waals surface area contributed by atoms with E-state index in [1.165, 1.54) is 0 Å². The Hall–Kier alpha value is -3.18. The molecule has 0 spiro atoms. The lowest BCUT2D eigenvalue weighted by Gasteiger charge is -2.30. The quantitative estimate of drug-likeness (QED) is 0.291. The van der Waals surface area contributed by atoms with Crippen LogP contribution in [0.3, 0.4) is 0 Å². The first kappa shape index (κ1) is 26.9. The van der Waals surface area contributed by atoms with E-state index >= 15 is 0 Å². The Labute approximate surface area is 206 Å². The minimum absolute atomic E-state index is 0.0993. The van der Waals surface area contributed by atoms with E-state index in [2.05, 4.69) is 4.74 Å². The summed E-state index contributed by atoms with van der Waals surface area (Å²) in [7, 11) is 0. The zero-order valence-electron chi connectivity index (χ0n) is 19.3. The zero-order chi connectivity index (χ0) is 26.9. The van der Waals surface area contributed by atoms with Gasteiger partial charge >= 0.3 is 6.11 Å². The van der Waals surface area contributed by atoms with Gasteiger partial charge in [0.15, 0.2) is 17.9 Å². The van der Waals surface area contributed by atoms with Gasteiger partial charge in [0, 0.05) is 23.6 Å². The molecule has 4 rings (SSSR count). The largest absolute Gasteiger partial charge is 0.432 e. The van der Waals surface area contributed by atoms with E-state index in [0.29, 0.717) is 36.4 Å². The van der Waals surface area contributed by atoms with Crippen molar-refractivity contribution in [3.63, 3.8) is 0 Å². The van der Waals surface area contributed by atoms with Crippen LogP contribution in [-0.4, -0.2) is 13.2 Å². The molecule has 1 saturated heterocycles. The first-order chi connectivity index (χ1) is 17.5. The van der Waals surface area contributed by atoms with Crippen molar-refractivity contribution in [3.05, 3.63) is 88.5 Å². The van der Waals surface area contributed by atoms with Gasteiger partial charge in [-0.15, -0.1) is 0 Å². The Bertz CT molecular complexity index is 1240. The predicted molar refractivity (Wildman–Crippen MR) is 116 cm³/mol. The monoisotopic (exact) mass is 532 g/mol. The average Bonchev–Trinajstić information content (AvgIpc) is 2.80. The van der Waals surface area contributed by atoms with Crippen LogP contribution in [0.2, 0.25) is 0 Å². The fraction of sp³-hybridized carbons (Fsp3) is 0.308. The van der Waals surface area contributed by atoms with Crippen LogP contribution < -0.4 is 4.74 Å². The minimum atomic E-state index is -4.68. The van der Waals surface area contributed by atoms with Gasteiger partial charge < -0.3 is 14.2 Å². The molecule has 0 radical (unpaired) electrons. The van der Waals surface area contributed by atoms with E-state index < -0.39 is 69.7 Å². The highest BCUT2D eigenvalue weighted by molar-refractivity contribution is 5.66. The Balaban J connectivity index is 1.57. The first-order valence-electron chi connectivity index (χ1n) is 11.2. The summed E-state index contributed by atoms with van der Waals surface area (Å²) >= 11 is 0. The highest BCUT2D eigenvalue weighted by atomic mass is 19.3. The lowest BCUT2D eigenvalue weighted by atomic mass is 10.0. The lowest BCUT2D eigenvalue weighted by Crippen LogP contribution is -2.28. The van der Waals surface area contributed by atoms with E-state index in [0.717, 1.165) is 18.9 Å². The summed E-state index contributed by atoms with van der Waals surface area (Å²) in [6.07, 6.45) is -4.14. The Morgan fingerprint density at radius 1 is 0.784 bits per heavy atom. The second-order valence-corrected chi connectivity index (χ2v) is 8.52. The van der Waals surface area contributed by atoms with Crippen molar-refractivity contribution in [1.29, 1.82) is 0 Å². The fourth-order valence-corrected chi connectivity index (χ4v) is 4.05. The third kappa shape index (κ3) is 5.72. The van der Waals surface area contributed by atoms with Crippen molar-refractivity contribution in [3.8, 4) is 16.9 Å². The fourth-order valence-electron chi connectivity index (χ4n) is 4.05. The number of halogens is 8. The molecule has 0 bridgehead atoms.